The summed E-state index contributed by atoms with van der Waals surface area (Å²) >= 11 is 0. The summed E-state index contributed by atoms with van der Waals surface area (Å²) in [6.45, 7) is 5.89. The molecule has 1 heterocycles. The molecule has 1 aliphatic heterocycles. The third kappa shape index (κ3) is 2.96. The summed E-state index contributed by atoms with van der Waals surface area (Å²) in [6.07, 6.45) is 0.579. The van der Waals surface area contributed by atoms with E-state index in [1.54, 1.807) is 17.0 Å². The van der Waals surface area contributed by atoms with Crippen molar-refractivity contribution in [2.24, 2.45) is 0 Å². The molecule has 1 atom stereocenters. The molecular weight excluding hydrogens is 258 g/mol. The molecule has 0 saturated carbocycles. The largest absolute Gasteiger partial charge is 0.336 e. The van der Waals surface area contributed by atoms with Crippen LogP contribution in [-0.2, 0) is 6.42 Å². The smallest absolute Gasteiger partial charge is 0.273 e. The number of carbonyl (C=O) groups excluding carboxylic acids is 1. The van der Waals surface area contributed by atoms with E-state index in [9.17, 15) is 14.9 Å². The van der Waals surface area contributed by atoms with Gasteiger partial charge in [-0.05, 0) is 19.4 Å². The predicted molar refractivity (Wildman–Crippen MR) is 75.8 cm³/mol. The van der Waals surface area contributed by atoms with Crippen molar-refractivity contribution in [1.82, 2.24) is 10.2 Å². The van der Waals surface area contributed by atoms with Crippen LogP contribution >= 0.6 is 0 Å². The van der Waals surface area contributed by atoms with Gasteiger partial charge in [0.2, 0.25) is 0 Å². The number of rotatable bonds is 3. The molecule has 0 aromatic heterocycles. The summed E-state index contributed by atoms with van der Waals surface area (Å²) in [5.41, 5.74) is 1.07. The molecule has 0 aliphatic carbocycles. The highest BCUT2D eigenvalue weighted by Crippen LogP contribution is 2.22. The Hall–Kier alpha value is -1.95. The van der Waals surface area contributed by atoms with Crippen LogP contribution in [0, 0.1) is 10.1 Å². The lowest BCUT2D eigenvalue weighted by Gasteiger charge is -2.31. The summed E-state index contributed by atoms with van der Waals surface area (Å²) in [5, 5.41) is 14.3. The van der Waals surface area contributed by atoms with Crippen LogP contribution in [-0.4, -0.2) is 41.4 Å². The number of aryl methyl sites for hydroxylation is 1. The standard InChI is InChI=1S/C14H19N3O3/c1-3-11-4-5-12(8-13(11)17(19)20)14(18)16-7-6-15-10(2)9-16/h4-5,8,10,15H,3,6-7,9H2,1-2H3. The zero-order valence-corrected chi connectivity index (χ0v) is 11.8. The molecule has 0 bridgehead atoms. The first-order valence-electron chi connectivity index (χ1n) is 6.83. The number of nitrogens with zero attached hydrogens (tertiary/aromatic N) is 2. The van der Waals surface area contributed by atoms with Gasteiger partial charge in [-0.1, -0.05) is 13.0 Å². The SMILES string of the molecule is CCc1ccc(C(=O)N2CCNC(C)C2)cc1[N+](=O)[O-]. The Labute approximate surface area is 117 Å². The maximum atomic E-state index is 12.4. The molecule has 1 aliphatic rings. The van der Waals surface area contributed by atoms with E-state index < -0.39 is 4.92 Å². The molecule has 0 radical (unpaired) electrons. The van der Waals surface area contributed by atoms with Gasteiger partial charge in [0.15, 0.2) is 0 Å². The summed E-state index contributed by atoms with van der Waals surface area (Å²) < 4.78 is 0. The first-order valence-corrected chi connectivity index (χ1v) is 6.83. The van der Waals surface area contributed by atoms with Gasteiger partial charge in [-0.25, -0.2) is 0 Å². The minimum atomic E-state index is -0.421. The van der Waals surface area contributed by atoms with Gasteiger partial charge in [0.25, 0.3) is 11.6 Å². The van der Waals surface area contributed by atoms with Gasteiger partial charge in [-0.15, -0.1) is 0 Å². The van der Waals surface area contributed by atoms with Crippen LogP contribution in [0.1, 0.15) is 29.8 Å². The molecular formula is C14H19N3O3. The number of nitro groups is 1. The maximum absolute atomic E-state index is 12.4. The van der Waals surface area contributed by atoms with Gasteiger partial charge in [0, 0.05) is 42.9 Å². The highest BCUT2D eigenvalue weighted by molar-refractivity contribution is 5.95. The number of benzene rings is 1. The lowest BCUT2D eigenvalue weighted by molar-refractivity contribution is -0.385. The van der Waals surface area contributed by atoms with Crippen LogP contribution in [0.3, 0.4) is 0 Å². The molecule has 2 rings (SSSR count). The molecule has 6 heteroatoms. The molecule has 1 amide bonds. The molecule has 20 heavy (non-hydrogen) atoms. The van der Waals surface area contributed by atoms with Crippen LogP contribution in [0.15, 0.2) is 18.2 Å². The van der Waals surface area contributed by atoms with Crippen LogP contribution < -0.4 is 5.32 Å². The second-order valence-electron chi connectivity index (χ2n) is 5.06. The van der Waals surface area contributed by atoms with Crippen LogP contribution in [0.4, 0.5) is 5.69 Å². The van der Waals surface area contributed by atoms with E-state index in [4.69, 9.17) is 0 Å². The minimum absolute atomic E-state index is 0.0292. The van der Waals surface area contributed by atoms with E-state index in [1.807, 2.05) is 13.8 Å². The summed E-state index contributed by atoms with van der Waals surface area (Å²) in [6, 6.07) is 5.00. The molecule has 1 fully saturated rings. The average Bonchev–Trinajstić information content (AvgIpc) is 2.45. The third-order valence-electron chi connectivity index (χ3n) is 3.57. The van der Waals surface area contributed by atoms with Crippen molar-refractivity contribution in [3.63, 3.8) is 0 Å². The van der Waals surface area contributed by atoms with Gasteiger partial charge in [-0.2, -0.15) is 0 Å². The second-order valence-corrected chi connectivity index (χ2v) is 5.06. The van der Waals surface area contributed by atoms with Crippen molar-refractivity contribution in [2.75, 3.05) is 19.6 Å². The Bertz CT molecular complexity index is 530. The molecule has 0 spiro atoms. The van der Waals surface area contributed by atoms with Crippen molar-refractivity contribution in [1.29, 1.82) is 0 Å². The zero-order valence-electron chi connectivity index (χ0n) is 11.8. The lowest BCUT2D eigenvalue weighted by atomic mass is 10.1. The first-order chi connectivity index (χ1) is 9.52. The zero-order chi connectivity index (χ0) is 14.7. The van der Waals surface area contributed by atoms with Crippen LogP contribution in [0.2, 0.25) is 0 Å². The number of nitro benzene ring substituents is 1. The minimum Gasteiger partial charge on any atom is -0.336 e. The summed E-state index contributed by atoms with van der Waals surface area (Å²) in [4.78, 5) is 24.8. The van der Waals surface area contributed by atoms with E-state index in [-0.39, 0.29) is 17.6 Å². The number of hydrogen-bond acceptors (Lipinski definition) is 4. The van der Waals surface area contributed by atoms with Gasteiger partial charge >= 0.3 is 0 Å². The maximum Gasteiger partial charge on any atom is 0.273 e. The second kappa shape index (κ2) is 6.00. The Morgan fingerprint density at radius 1 is 1.55 bits per heavy atom. The summed E-state index contributed by atoms with van der Waals surface area (Å²) in [7, 11) is 0. The fourth-order valence-electron chi connectivity index (χ4n) is 2.47. The molecule has 1 aromatic carbocycles. The molecule has 1 N–H and O–H groups in total. The number of amides is 1. The number of carbonyl (C=O) groups is 1. The molecule has 1 aromatic rings. The summed E-state index contributed by atoms with van der Waals surface area (Å²) in [5.74, 6) is -0.135. The Morgan fingerprint density at radius 2 is 2.30 bits per heavy atom. The van der Waals surface area contributed by atoms with Crippen molar-refractivity contribution in [3.05, 3.63) is 39.4 Å². The molecule has 108 valence electrons. The van der Waals surface area contributed by atoms with Crippen molar-refractivity contribution < 1.29 is 9.72 Å². The molecule has 1 unspecified atom stereocenters. The highest BCUT2D eigenvalue weighted by Gasteiger charge is 2.23. The topological polar surface area (TPSA) is 75.5 Å². The third-order valence-corrected chi connectivity index (χ3v) is 3.57. The number of hydrogen-bond donors (Lipinski definition) is 1. The number of nitrogens with one attached hydrogen (secondary N) is 1. The van der Waals surface area contributed by atoms with E-state index in [1.165, 1.54) is 6.07 Å². The average molecular weight is 277 g/mol. The monoisotopic (exact) mass is 277 g/mol. The quantitative estimate of drug-likeness (QED) is 0.672. The van der Waals surface area contributed by atoms with Crippen LogP contribution in [0.25, 0.3) is 0 Å². The van der Waals surface area contributed by atoms with Crippen LogP contribution in [0.5, 0.6) is 0 Å². The fourth-order valence-corrected chi connectivity index (χ4v) is 2.47. The number of piperazine rings is 1. The van der Waals surface area contributed by atoms with Crippen molar-refractivity contribution in [3.8, 4) is 0 Å². The molecule has 6 nitrogen and oxygen atoms in total. The van der Waals surface area contributed by atoms with E-state index in [2.05, 4.69) is 5.32 Å². The van der Waals surface area contributed by atoms with E-state index >= 15 is 0 Å². The van der Waals surface area contributed by atoms with Gasteiger partial charge in [0.1, 0.15) is 0 Å². The van der Waals surface area contributed by atoms with Gasteiger partial charge < -0.3 is 10.2 Å². The van der Waals surface area contributed by atoms with Crippen molar-refractivity contribution in [2.45, 2.75) is 26.3 Å². The fraction of sp³-hybridized carbons (Fsp3) is 0.500. The predicted octanol–water partition coefficient (Wildman–Crippen LogP) is 1.59. The van der Waals surface area contributed by atoms with Crippen molar-refractivity contribution >= 4 is 11.6 Å². The normalized spacial score (nSPS) is 18.9. The van der Waals surface area contributed by atoms with E-state index in [0.717, 1.165) is 6.54 Å². The van der Waals surface area contributed by atoms with Gasteiger partial charge in [0.05, 0.1) is 4.92 Å². The Balaban J connectivity index is 2.26. The Morgan fingerprint density at radius 3 is 2.90 bits per heavy atom. The van der Waals surface area contributed by atoms with E-state index in [0.29, 0.717) is 30.6 Å². The van der Waals surface area contributed by atoms with Gasteiger partial charge in [-0.3, -0.25) is 14.9 Å². The Kier molecular flexibility index (Phi) is 4.34. The first kappa shape index (κ1) is 14.5. The highest BCUT2D eigenvalue weighted by atomic mass is 16.6. The molecule has 1 saturated heterocycles. The lowest BCUT2D eigenvalue weighted by Crippen LogP contribution is -2.51.